The zero-order chi connectivity index (χ0) is 14.9. The highest BCUT2D eigenvalue weighted by Crippen LogP contribution is 2.27. The molecule has 3 heterocycles. The predicted octanol–water partition coefficient (Wildman–Crippen LogP) is 3.75. The lowest BCUT2D eigenvalue weighted by Gasteiger charge is -2.27. The molecule has 3 aromatic rings. The second-order valence-electron chi connectivity index (χ2n) is 5.82. The lowest BCUT2D eigenvalue weighted by molar-refractivity contribution is -0.132. The van der Waals surface area contributed by atoms with E-state index in [1.165, 1.54) is 27.7 Å². The highest BCUT2D eigenvalue weighted by Gasteiger charge is 2.23. The van der Waals surface area contributed by atoms with Gasteiger partial charge in [0, 0.05) is 48.1 Å². The van der Waals surface area contributed by atoms with Crippen molar-refractivity contribution in [3.05, 3.63) is 57.9 Å². The summed E-state index contributed by atoms with van der Waals surface area (Å²) in [5.41, 5.74) is 5.04. The van der Waals surface area contributed by atoms with E-state index in [1.807, 2.05) is 11.0 Å². The number of nitrogens with zero attached hydrogens (tertiary/aromatic N) is 1. The minimum absolute atomic E-state index is 0.266. The first-order chi connectivity index (χ1) is 10.8. The Kier molecular flexibility index (Phi) is 3.47. The Morgan fingerprint density at radius 2 is 2.18 bits per heavy atom. The molecule has 0 saturated heterocycles. The molecule has 3 nitrogen and oxygen atoms in total. The van der Waals surface area contributed by atoms with Crippen LogP contribution >= 0.6 is 11.3 Å². The Morgan fingerprint density at radius 1 is 1.27 bits per heavy atom. The van der Waals surface area contributed by atoms with E-state index < -0.39 is 0 Å². The average molecular weight is 310 g/mol. The number of aryl methyl sites for hydroxylation is 1. The van der Waals surface area contributed by atoms with Crippen molar-refractivity contribution in [2.45, 2.75) is 25.8 Å². The lowest BCUT2D eigenvalue weighted by atomic mass is 10.0. The fourth-order valence-electron chi connectivity index (χ4n) is 3.22. The molecule has 0 radical (unpaired) electrons. The zero-order valence-corrected chi connectivity index (χ0v) is 13.2. The molecule has 1 aliphatic heterocycles. The Balaban J connectivity index is 1.50. The van der Waals surface area contributed by atoms with Crippen molar-refractivity contribution in [1.82, 2.24) is 9.88 Å². The van der Waals surface area contributed by atoms with E-state index in [1.54, 1.807) is 11.3 Å². The zero-order valence-electron chi connectivity index (χ0n) is 12.3. The van der Waals surface area contributed by atoms with Crippen LogP contribution in [-0.4, -0.2) is 22.3 Å². The molecule has 0 saturated carbocycles. The van der Waals surface area contributed by atoms with Gasteiger partial charge in [-0.15, -0.1) is 0 Å². The van der Waals surface area contributed by atoms with Crippen LogP contribution in [0.3, 0.4) is 0 Å². The Hall–Kier alpha value is -2.07. The molecule has 0 fully saturated rings. The molecule has 112 valence electrons. The summed E-state index contributed by atoms with van der Waals surface area (Å²) in [6, 6.07) is 10.5. The molecule has 1 amide bonds. The van der Waals surface area contributed by atoms with E-state index in [0.717, 1.165) is 25.9 Å². The Morgan fingerprint density at radius 3 is 3.05 bits per heavy atom. The summed E-state index contributed by atoms with van der Waals surface area (Å²) in [5.74, 6) is 0.266. The summed E-state index contributed by atoms with van der Waals surface area (Å²) in [4.78, 5) is 18.0. The summed E-state index contributed by atoms with van der Waals surface area (Å²) >= 11 is 1.69. The fourth-order valence-corrected chi connectivity index (χ4v) is 3.93. The van der Waals surface area contributed by atoms with Gasteiger partial charge in [0.15, 0.2) is 0 Å². The number of carbonyl (C=O) groups is 1. The van der Waals surface area contributed by atoms with Gasteiger partial charge in [0.25, 0.3) is 0 Å². The quantitative estimate of drug-likeness (QED) is 0.786. The van der Waals surface area contributed by atoms with Gasteiger partial charge in [-0.1, -0.05) is 18.2 Å². The number of para-hydroxylation sites is 1. The highest BCUT2D eigenvalue weighted by molar-refractivity contribution is 7.07. The van der Waals surface area contributed by atoms with Crippen LogP contribution in [0.2, 0.25) is 0 Å². The molecule has 1 aromatic carbocycles. The fraction of sp³-hybridized carbons (Fsp3) is 0.278. The number of aromatic nitrogens is 1. The van der Waals surface area contributed by atoms with Crippen LogP contribution in [-0.2, 0) is 24.2 Å². The van der Waals surface area contributed by atoms with Crippen LogP contribution in [0.4, 0.5) is 0 Å². The smallest absolute Gasteiger partial charge is 0.223 e. The number of amides is 1. The normalized spacial score (nSPS) is 14.3. The van der Waals surface area contributed by atoms with Gasteiger partial charge >= 0.3 is 0 Å². The summed E-state index contributed by atoms with van der Waals surface area (Å²) in [7, 11) is 0. The highest BCUT2D eigenvalue weighted by atomic mass is 32.1. The van der Waals surface area contributed by atoms with Gasteiger partial charge in [-0.2, -0.15) is 11.3 Å². The van der Waals surface area contributed by atoms with Crippen molar-refractivity contribution in [3.63, 3.8) is 0 Å². The molecular formula is C18H18N2OS. The van der Waals surface area contributed by atoms with E-state index in [9.17, 15) is 4.79 Å². The number of carbonyl (C=O) groups excluding carboxylic acids is 1. The maximum Gasteiger partial charge on any atom is 0.223 e. The number of H-pyrrole nitrogens is 1. The van der Waals surface area contributed by atoms with E-state index in [0.29, 0.717) is 6.42 Å². The van der Waals surface area contributed by atoms with E-state index in [-0.39, 0.29) is 5.91 Å². The number of aromatic amines is 1. The maximum absolute atomic E-state index is 12.5. The number of fused-ring (bicyclic) bond motifs is 3. The predicted molar refractivity (Wildman–Crippen MR) is 90.1 cm³/mol. The average Bonchev–Trinajstić information content (AvgIpc) is 3.19. The van der Waals surface area contributed by atoms with Crippen LogP contribution in [0.25, 0.3) is 10.9 Å². The number of hydrogen-bond acceptors (Lipinski definition) is 2. The molecule has 0 atom stereocenters. The molecule has 1 N–H and O–H groups in total. The van der Waals surface area contributed by atoms with Crippen molar-refractivity contribution in [1.29, 1.82) is 0 Å². The van der Waals surface area contributed by atoms with Gasteiger partial charge in [-0.25, -0.2) is 0 Å². The van der Waals surface area contributed by atoms with Crippen LogP contribution in [0.1, 0.15) is 23.2 Å². The number of nitrogens with one attached hydrogen (secondary N) is 1. The molecule has 22 heavy (non-hydrogen) atoms. The number of rotatable bonds is 3. The van der Waals surface area contributed by atoms with Gasteiger partial charge in [0.05, 0.1) is 0 Å². The Labute approximate surface area is 133 Å². The van der Waals surface area contributed by atoms with Crippen molar-refractivity contribution >= 4 is 28.1 Å². The van der Waals surface area contributed by atoms with Crippen molar-refractivity contribution in [2.75, 3.05) is 6.54 Å². The SMILES string of the molecule is O=C(CCc1ccsc1)N1CCc2[nH]c3ccccc3c2C1. The summed E-state index contributed by atoms with van der Waals surface area (Å²) in [5, 5.41) is 5.45. The Bertz CT molecular complexity index is 804. The summed E-state index contributed by atoms with van der Waals surface area (Å²) in [6.45, 7) is 1.56. The van der Waals surface area contributed by atoms with Crippen LogP contribution in [0, 0.1) is 0 Å². The molecule has 0 spiro atoms. The first-order valence-corrected chi connectivity index (χ1v) is 8.63. The number of hydrogen-bond donors (Lipinski definition) is 1. The minimum atomic E-state index is 0.266. The van der Waals surface area contributed by atoms with Gasteiger partial charge in [-0.3, -0.25) is 4.79 Å². The summed E-state index contributed by atoms with van der Waals surface area (Å²) in [6.07, 6.45) is 2.38. The largest absolute Gasteiger partial charge is 0.358 e. The number of thiophene rings is 1. The topological polar surface area (TPSA) is 36.1 Å². The molecule has 4 heteroatoms. The maximum atomic E-state index is 12.5. The third kappa shape index (κ3) is 2.44. The van der Waals surface area contributed by atoms with E-state index in [4.69, 9.17) is 0 Å². The summed E-state index contributed by atoms with van der Waals surface area (Å²) < 4.78 is 0. The van der Waals surface area contributed by atoms with Crippen LogP contribution < -0.4 is 0 Å². The monoisotopic (exact) mass is 310 g/mol. The standard InChI is InChI=1S/C18H18N2OS/c21-18(6-5-13-8-10-22-12-13)20-9-7-17-15(11-20)14-3-1-2-4-16(14)19-17/h1-4,8,10,12,19H,5-7,9,11H2. The first-order valence-electron chi connectivity index (χ1n) is 7.68. The van der Waals surface area contributed by atoms with Crippen LogP contribution in [0.5, 0.6) is 0 Å². The third-order valence-electron chi connectivity index (χ3n) is 4.44. The van der Waals surface area contributed by atoms with Gasteiger partial charge < -0.3 is 9.88 Å². The van der Waals surface area contributed by atoms with Gasteiger partial charge in [0.2, 0.25) is 5.91 Å². The third-order valence-corrected chi connectivity index (χ3v) is 5.18. The molecule has 0 unspecified atom stereocenters. The van der Waals surface area contributed by atoms with Crippen molar-refractivity contribution < 1.29 is 4.79 Å². The molecular weight excluding hydrogens is 292 g/mol. The van der Waals surface area contributed by atoms with E-state index in [2.05, 4.69) is 40.0 Å². The molecule has 0 bridgehead atoms. The second kappa shape index (κ2) is 5.61. The van der Waals surface area contributed by atoms with Gasteiger partial charge in [0.1, 0.15) is 0 Å². The lowest BCUT2D eigenvalue weighted by Crippen LogP contribution is -2.35. The van der Waals surface area contributed by atoms with Crippen molar-refractivity contribution in [2.24, 2.45) is 0 Å². The molecule has 0 aliphatic carbocycles. The first kappa shape index (κ1) is 13.6. The van der Waals surface area contributed by atoms with Crippen molar-refractivity contribution in [3.8, 4) is 0 Å². The molecule has 4 rings (SSSR count). The number of benzene rings is 1. The minimum Gasteiger partial charge on any atom is -0.358 e. The van der Waals surface area contributed by atoms with Gasteiger partial charge in [-0.05, 0) is 34.9 Å². The van der Waals surface area contributed by atoms with E-state index >= 15 is 0 Å². The second-order valence-corrected chi connectivity index (χ2v) is 6.60. The molecule has 2 aromatic heterocycles. The molecule has 1 aliphatic rings. The van der Waals surface area contributed by atoms with Crippen LogP contribution in [0.15, 0.2) is 41.1 Å².